The Hall–Kier alpha value is -0.830. The molecule has 0 radical (unpaired) electrons. The predicted octanol–water partition coefficient (Wildman–Crippen LogP) is 2.97. The molecule has 0 aliphatic rings. The zero-order valence-corrected chi connectivity index (χ0v) is 11.9. The molecule has 0 saturated heterocycles. The lowest BCUT2D eigenvalue weighted by atomic mass is 9.95. The maximum atomic E-state index is 4.19. The second-order valence-electron chi connectivity index (χ2n) is 5.86. The van der Waals surface area contributed by atoms with E-state index >= 15 is 0 Å². The molecular weight excluding hydrogens is 210 g/mol. The van der Waals surface area contributed by atoms with E-state index in [2.05, 4.69) is 44.3 Å². The largest absolute Gasteiger partial charge is 0.310 e. The first-order valence-corrected chi connectivity index (χ1v) is 6.68. The Balaban J connectivity index is 2.42. The number of rotatable bonds is 7. The summed E-state index contributed by atoms with van der Waals surface area (Å²) < 4.78 is 1.86. The molecule has 0 atom stereocenters. The van der Waals surface area contributed by atoms with Crippen molar-refractivity contribution in [2.75, 3.05) is 0 Å². The van der Waals surface area contributed by atoms with Crippen LogP contribution in [0.2, 0.25) is 0 Å². The molecule has 0 aliphatic carbocycles. The molecule has 0 bridgehead atoms. The lowest BCUT2D eigenvalue weighted by Gasteiger charge is -2.22. The van der Waals surface area contributed by atoms with Crippen molar-refractivity contribution in [3.63, 3.8) is 0 Å². The monoisotopic (exact) mass is 237 g/mol. The van der Waals surface area contributed by atoms with Crippen LogP contribution in [0.15, 0.2) is 12.4 Å². The van der Waals surface area contributed by atoms with Gasteiger partial charge in [-0.2, -0.15) is 5.10 Å². The Kier molecular flexibility index (Phi) is 5.69. The second kappa shape index (κ2) is 6.80. The maximum Gasteiger partial charge on any atom is 0.0534 e. The molecule has 0 saturated carbocycles. The summed E-state index contributed by atoms with van der Waals surface area (Å²) in [5.74, 6) is 1.50. The summed E-state index contributed by atoms with van der Waals surface area (Å²) in [6, 6.07) is 0.621. The Morgan fingerprint density at radius 1 is 1.18 bits per heavy atom. The fourth-order valence-corrected chi connectivity index (χ4v) is 2.23. The molecule has 17 heavy (non-hydrogen) atoms. The van der Waals surface area contributed by atoms with E-state index < -0.39 is 0 Å². The molecule has 0 aliphatic heterocycles. The molecule has 0 aromatic carbocycles. The van der Waals surface area contributed by atoms with E-state index in [0.29, 0.717) is 6.04 Å². The van der Waals surface area contributed by atoms with Crippen LogP contribution >= 0.6 is 0 Å². The van der Waals surface area contributed by atoms with Gasteiger partial charge >= 0.3 is 0 Å². The predicted molar refractivity (Wildman–Crippen MR) is 72.7 cm³/mol. The topological polar surface area (TPSA) is 29.9 Å². The van der Waals surface area contributed by atoms with Crippen molar-refractivity contribution in [3.05, 3.63) is 18.0 Å². The average molecular weight is 237 g/mol. The van der Waals surface area contributed by atoms with Gasteiger partial charge < -0.3 is 5.32 Å². The lowest BCUT2D eigenvalue weighted by molar-refractivity contribution is 0.358. The third kappa shape index (κ3) is 5.87. The average Bonchev–Trinajstić information content (AvgIpc) is 2.59. The van der Waals surface area contributed by atoms with Crippen molar-refractivity contribution >= 4 is 0 Å². The maximum absolute atomic E-state index is 4.19. The Morgan fingerprint density at radius 2 is 1.76 bits per heavy atom. The van der Waals surface area contributed by atoms with Gasteiger partial charge in [0.1, 0.15) is 0 Å². The first-order chi connectivity index (χ1) is 7.97. The highest BCUT2D eigenvalue weighted by Gasteiger charge is 2.12. The number of nitrogens with one attached hydrogen (secondary N) is 1. The summed E-state index contributed by atoms with van der Waals surface area (Å²) in [6.07, 6.45) is 6.51. The van der Waals surface area contributed by atoms with E-state index in [9.17, 15) is 0 Å². The fourth-order valence-electron chi connectivity index (χ4n) is 2.23. The number of hydrogen-bond acceptors (Lipinski definition) is 2. The van der Waals surface area contributed by atoms with Crippen LogP contribution in [-0.2, 0) is 13.6 Å². The van der Waals surface area contributed by atoms with Gasteiger partial charge in [-0.25, -0.2) is 0 Å². The quantitative estimate of drug-likeness (QED) is 0.790. The SMILES string of the molecule is CC(C)CC(CC(C)C)NCc1cnn(C)c1. The van der Waals surface area contributed by atoms with Gasteiger partial charge in [-0.05, 0) is 24.7 Å². The molecule has 0 fully saturated rings. The lowest BCUT2D eigenvalue weighted by Crippen LogP contribution is -2.31. The van der Waals surface area contributed by atoms with Crippen LogP contribution in [0.5, 0.6) is 0 Å². The molecule has 3 nitrogen and oxygen atoms in total. The zero-order chi connectivity index (χ0) is 12.8. The summed E-state index contributed by atoms with van der Waals surface area (Å²) in [4.78, 5) is 0. The van der Waals surface area contributed by atoms with Crippen LogP contribution in [0.1, 0.15) is 46.1 Å². The van der Waals surface area contributed by atoms with Gasteiger partial charge in [0.05, 0.1) is 6.20 Å². The number of aryl methyl sites for hydroxylation is 1. The highest BCUT2D eigenvalue weighted by molar-refractivity contribution is 5.03. The Labute approximate surface area is 106 Å². The first-order valence-electron chi connectivity index (χ1n) is 6.68. The van der Waals surface area contributed by atoms with Gasteiger partial charge in [0.25, 0.3) is 0 Å². The van der Waals surface area contributed by atoms with Crippen LogP contribution < -0.4 is 5.32 Å². The van der Waals surface area contributed by atoms with E-state index in [1.807, 2.05) is 17.9 Å². The van der Waals surface area contributed by atoms with E-state index in [1.165, 1.54) is 18.4 Å². The molecule has 0 unspecified atom stereocenters. The second-order valence-corrected chi connectivity index (χ2v) is 5.86. The van der Waals surface area contributed by atoms with Gasteiger partial charge in [-0.1, -0.05) is 27.7 Å². The summed E-state index contributed by atoms with van der Waals surface area (Å²) in [6.45, 7) is 10.1. The molecule has 1 aromatic heterocycles. The number of hydrogen-bond donors (Lipinski definition) is 1. The van der Waals surface area contributed by atoms with E-state index in [0.717, 1.165) is 18.4 Å². The van der Waals surface area contributed by atoms with Gasteiger partial charge in [0.2, 0.25) is 0 Å². The van der Waals surface area contributed by atoms with Gasteiger partial charge in [-0.3, -0.25) is 4.68 Å². The first kappa shape index (κ1) is 14.2. The van der Waals surface area contributed by atoms with Gasteiger partial charge in [0, 0.05) is 31.4 Å². The van der Waals surface area contributed by atoms with Crippen molar-refractivity contribution in [2.45, 2.75) is 53.1 Å². The summed E-state index contributed by atoms with van der Waals surface area (Å²) in [5, 5.41) is 7.85. The minimum absolute atomic E-state index is 0.621. The number of aromatic nitrogens is 2. The van der Waals surface area contributed by atoms with Gasteiger partial charge in [0.15, 0.2) is 0 Å². The van der Waals surface area contributed by atoms with Crippen LogP contribution in [0.4, 0.5) is 0 Å². The standard InChI is InChI=1S/C14H27N3/c1-11(2)6-14(7-12(3)4)15-8-13-9-16-17(5)10-13/h9-12,14-15H,6-8H2,1-5H3. The Morgan fingerprint density at radius 3 is 2.18 bits per heavy atom. The van der Waals surface area contributed by atoms with Crippen molar-refractivity contribution < 1.29 is 0 Å². The molecule has 1 N–H and O–H groups in total. The molecule has 0 spiro atoms. The highest BCUT2D eigenvalue weighted by atomic mass is 15.2. The summed E-state index contributed by atoms with van der Waals surface area (Å²) >= 11 is 0. The van der Waals surface area contributed by atoms with Crippen molar-refractivity contribution in [2.24, 2.45) is 18.9 Å². The molecule has 1 rings (SSSR count). The smallest absolute Gasteiger partial charge is 0.0534 e. The van der Waals surface area contributed by atoms with Crippen LogP contribution in [0.3, 0.4) is 0 Å². The normalized spacial score (nSPS) is 12.0. The van der Waals surface area contributed by atoms with Crippen LogP contribution in [0, 0.1) is 11.8 Å². The number of nitrogens with zero attached hydrogens (tertiary/aromatic N) is 2. The zero-order valence-electron chi connectivity index (χ0n) is 11.9. The highest BCUT2D eigenvalue weighted by Crippen LogP contribution is 2.13. The van der Waals surface area contributed by atoms with E-state index in [4.69, 9.17) is 0 Å². The third-order valence-electron chi connectivity index (χ3n) is 2.87. The molecular formula is C14H27N3. The molecule has 1 heterocycles. The summed E-state index contributed by atoms with van der Waals surface area (Å²) in [7, 11) is 1.96. The third-order valence-corrected chi connectivity index (χ3v) is 2.87. The van der Waals surface area contributed by atoms with Crippen molar-refractivity contribution in [1.29, 1.82) is 0 Å². The van der Waals surface area contributed by atoms with E-state index in [-0.39, 0.29) is 0 Å². The minimum Gasteiger partial charge on any atom is -0.310 e. The van der Waals surface area contributed by atoms with Gasteiger partial charge in [-0.15, -0.1) is 0 Å². The Bertz CT molecular complexity index is 305. The molecule has 98 valence electrons. The van der Waals surface area contributed by atoms with E-state index in [1.54, 1.807) is 0 Å². The van der Waals surface area contributed by atoms with Crippen LogP contribution in [-0.4, -0.2) is 15.8 Å². The molecule has 0 amide bonds. The van der Waals surface area contributed by atoms with Crippen molar-refractivity contribution in [1.82, 2.24) is 15.1 Å². The van der Waals surface area contributed by atoms with Crippen LogP contribution in [0.25, 0.3) is 0 Å². The minimum atomic E-state index is 0.621. The fraction of sp³-hybridized carbons (Fsp3) is 0.786. The summed E-state index contributed by atoms with van der Waals surface area (Å²) in [5.41, 5.74) is 1.27. The van der Waals surface area contributed by atoms with Crippen molar-refractivity contribution in [3.8, 4) is 0 Å². The molecule has 1 aromatic rings. The molecule has 3 heteroatoms.